The van der Waals surface area contributed by atoms with Gasteiger partial charge in [-0.2, -0.15) is 5.06 Å². The molecule has 3 saturated heterocycles. The van der Waals surface area contributed by atoms with Crippen LogP contribution >= 0.6 is 0 Å². The lowest BCUT2D eigenvalue weighted by Crippen LogP contribution is -2.74. The summed E-state index contributed by atoms with van der Waals surface area (Å²) in [6, 6.07) is 8.80. The quantitative estimate of drug-likeness (QED) is 0.645. The summed E-state index contributed by atoms with van der Waals surface area (Å²) < 4.78 is 5.64. The number of amides is 3. The van der Waals surface area contributed by atoms with Crippen molar-refractivity contribution >= 4 is 17.9 Å². The maximum atomic E-state index is 13.8. The fraction of sp³-hybridized carbons (Fsp3) is 0.667. The maximum Gasteiger partial charge on any atom is 0.436 e. The molecule has 0 spiro atoms. The van der Waals surface area contributed by atoms with Crippen molar-refractivity contribution < 1.29 is 24.0 Å². The van der Waals surface area contributed by atoms with Crippen molar-refractivity contribution in [3.05, 3.63) is 35.9 Å². The zero-order valence-corrected chi connectivity index (χ0v) is 22.1. The van der Waals surface area contributed by atoms with Crippen molar-refractivity contribution in [3.8, 4) is 0 Å². The fourth-order valence-corrected chi connectivity index (χ4v) is 5.30. The molecule has 36 heavy (non-hydrogen) atoms. The number of carbonyl (C=O) groups is 3. The van der Waals surface area contributed by atoms with E-state index in [1.165, 1.54) is 5.06 Å². The number of nitrogens with one attached hydrogen (secondary N) is 1. The number of piperazine rings is 1. The molecule has 0 aliphatic carbocycles. The van der Waals surface area contributed by atoms with Crippen LogP contribution in [0.3, 0.4) is 0 Å². The number of hydrogen-bond acceptors (Lipinski definition) is 6. The van der Waals surface area contributed by atoms with Gasteiger partial charge >= 0.3 is 6.09 Å². The van der Waals surface area contributed by atoms with Crippen molar-refractivity contribution in [2.75, 3.05) is 19.6 Å². The normalized spacial score (nSPS) is 27.0. The molecule has 3 heterocycles. The monoisotopic (exact) mass is 500 g/mol. The SMILES string of the molecule is CC(C)C[C@H]1ON(C(=O)OCc2ccccc2)[C@H]2CN([C@H]3CCNC3)C(=O)[C@H](CC(C)(C)C)N2C1=O. The summed E-state index contributed by atoms with van der Waals surface area (Å²) in [5, 5.41) is 4.54. The van der Waals surface area contributed by atoms with E-state index < -0.39 is 24.4 Å². The summed E-state index contributed by atoms with van der Waals surface area (Å²) >= 11 is 0. The first-order valence-corrected chi connectivity index (χ1v) is 13.0. The van der Waals surface area contributed by atoms with Gasteiger partial charge in [0.15, 0.2) is 12.3 Å². The molecular weight excluding hydrogens is 460 g/mol. The fourth-order valence-electron chi connectivity index (χ4n) is 5.30. The average molecular weight is 501 g/mol. The van der Waals surface area contributed by atoms with Crippen molar-refractivity contribution in [3.63, 3.8) is 0 Å². The molecule has 3 amide bonds. The van der Waals surface area contributed by atoms with Crippen LogP contribution < -0.4 is 5.32 Å². The largest absolute Gasteiger partial charge is 0.443 e. The lowest BCUT2D eigenvalue weighted by atomic mass is 9.85. The first-order chi connectivity index (χ1) is 17.0. The van der Waals surface area contributed by atoms with E-state index in [9.17, 15) is 14.4 Å². The minimum absolute atomic E-state index is 0.0211. The standard InChI is InChI=1S/C27H40N4O5/c1-18(2)13-22-25(33)30-21(14-27(3,4)5)24(32)29(20-11-12-28-15-20)16-23(30)31(36-22)26(34)35-17-19-9-7-6-8-10-19/h6-10,18,20-23,28H,11-17H2,1-5H3/t20-,21-,22+,23-/m0/s1. The van der Waals surface area contributed by atoms with Crippen LogP contribution in [-0.2, 0) is 25.8 Å². The number of carbonyl (C=O) groups excluding carboxylic acids is 3. The minimum atomic E-state index is -0.847. The topological polar surface area (TPSA) is 91.4 Å². The Hall–Kier alpha value is -2.65. The third kappa shape index (κ3) is 5.83. The molecule has 198 valence electrons. The van der Waals surface area contributed by atoms with Crippen LogP contribution in [0.25, 0.3) is 0 Å². The third-order valence-corrected chi connectivity index (χ3v) is 6.98. The molecular formula is C27H40N4O5. The summed E-state index contributed by atoms with van der Waals surface area (Å²) in [5.74, 6) is -0.112. The van der Waals surface area contributed by atoms with Crippen molar-refractivity contribution in [1.82, 2.24) is 20.2 Å². The Kier molecular flexibility index (Phi) is 7.90. The number of benzene rings is 1. The lowest BCUT2D eigenvalue weighted by molar-refractivity contribution is -0.270. The Morgan fingerprint density at radius 2 is 1.89 bits per heavy atom. The number of hydroxylamine groups is 2. The highest BCUT2D eigenvalue weighted by Crippen LogP contribution is 2.36. The highest BCUT2D eigenvalue weighted by Gasteiger charge is 2.55. The number of ether oxygens (including phenoxy) is 1. The molecule has 9 nitrogen and oxygen atoms in total. The summed E-state index contributed by atoms with van der Waals surface area (Å²) in [7, 11) is 0. The Bertz CT molecular complexity index is 941. The first-order valence-electron chi connectivity index (χ1n) is 13.0. The Balaban J connectivity index is 1.66. The van der Waals surface area contributed by atoms with Gasteiger partial charge in [0.1, 0.15) is 12.6 Å². The first kappa shape index (κ1) is 26.4. The molecule has 9 heteroatoms. The van der Waals surface area contributed by atoms with Crippen molar-refractivity contribution in [1.29, 1.82) is 0 Å². The molecule has 1 aromatic carbocycles. The molecule has 0 unspecified atom stereocenters. The highest BCUT2D eigenvalue weighted by molar-refractivity contribution is 5.92. The van der Waals surface area contributed by atoms with Gasteiger partial charge in [-0.15, -0.1) is 0 Å². The molecule has 1 aromatic rings. The average Bonchev–Trinajstić information content (AvgIpc) is 3.35. The molecule has 0 aromatic heterocycles. The van der Waals surface area contributed by atoms with Crippen molar-refractivity contribution in [2.45, 2.75) is 84.8 Å². The van der Waals surface area contributed by atoms with Crippen LogP contribution in [-0.4, -0.2) is 76.8 Å². The van der Waals surface area contributed by atoms with Crippen LogP contribution in [0.2, 0.25) is 0 Å². The van der Waals surface area contributed by atoms with E-state index in [1.807, 2.05) is 49.1 Å². The molecule has 0 radical (unpaired) electrons. The number of rotatable bonds is 6. The molecule has 1 N–H and O–H groups in total. The second-order valence-electron chi connectivity index (χ2n) is 11.7. The van der Waals surface area contributed by atoms with E-state index in [2.05, 4.69) is 26.1 Å². The van der Waals surface area contributed by atoms with Gasteiger partial charge in [0.25, 0.3) is 5.91 Å². The van der Waals surface area contributed by atoms with Gasteiger partial charge < -0.3 is 19.9 Å². The highest BCUT2D eigenvalue weighted by atomic mass is 16.7. The Morgan fingerprint density at radius 3 is 2.50 bits per heavy atom. The molecule has 0 bridgehead atoms. The van der Waals surface area contributed by atoms with Crippen molar-refractivity contribution in [2.24, 2.45) is 11.3 Å². The Morgan fingerprint density at radius 1 is 1.17 bits per heavy atom. The van der Waals surface area contributed by atoms with E-state index in [4.69, 9.17) is 9.57 Å². The van der Waals surface area contributed by atoms with Gasteiger partial charge in [-0.1, -0.05) is 65.0 Å². The van der Waals surface area contributed by atoms with E-state index in [-0.39, 0.29) is 42.3 Å². The van der Waals surface area contributed by atoms with Gasteiger partial charge in [-0.3, -0.25) is 14.4 Å². The van der Waals surface area contributed by atoms with E-state index in [0.29, 0.717) is 19.4 Å². The number of nitrogens with zero attached hydrogens (tertiary/aromatic N) is 3. The second kappa shape index (κ2) is 10.8. The number of hydrogen-bond donors (Lipinski definition) is 1. The van der Waals surface area contributed by atoms with Gasteiger partial charge in [0, 0.05) is 12.6 Å². The maximum absolute atomic E-state index is 13.8. The van der Waals surface area contributed by atoms with Crippen LogP contribution in [0.15, 0.2) is 30.3 Å². The van der Waals surface area contributed by atoms with Gasteiger partial charge in [-0.05, 0) is 42.7 Å². The van der Waals surface area contributed by atoms with Gasteiger partial charge in [-0.25, -0.2) is 4.79 Å². The zero-order valence-electron chi connectivity index (χ0n) is 22.1. The number of fused-ring (bicyclic) bond motifs is 1. The Labute approximate surface area is 214 Å². The summed E-state index contributed by atoms with van der Waals surface area (Å²) in [6.45, 7) is 12.0. The summed E-state index contributed by atoms with van der Waals surface area (Å²) in [4.78, 5) is 50.5. The third-order valence-electron chi connectivity index (χ3n) is 6.98. The van der Waals surface area contributed by atoms with Crippen LogP contribution in [0, 0.1) is 11.3 Å². The molecule has 4 atom stereocenters. The molecule has 0 saturated carbocycles. The van der Waals surface area contributed by atoms with Crippen LogP contribution in [0.1, 0.15) is 59.4 Å². The lowest BCUT2D eigenvalue weighted by Gasteiger charge is -2.54. The molecule has 3 aliphatic heterocycles. The van der Waals surface area contributed by atoms with E-state index >= 15 is 0 Å². The second-order valence-corrected chi connectivity index (χ2v) is 11.7. The summed E-state index contributed by atoms with van der Waals surface area (Å²) in [6.07, 6.45) is -0.466. The van der Waals surface area contributed by atoms with E-state index in [1.54, 1.807) is 4.90 Å². The van der Waals surface area contributed by atoms with Crippen LogP contribution in [0.5, 0.6) is 0 Å². The van der Waals surface area contributed by atoms with E-state index in [0.717, 1.165) is 18.5 Å². The minimum Gasteiger partial charge on any atom is -0.443 e. The predicted molar refractivity (Wildman–Crippen MR) is 134 cm³/mol. The zero-order chi connectivity index (χ0) is 26.0. The summed E-state index contributed by atoms with van der Waals surface area (Å²) in [5.41, 5.74) is 0.657. The molecule has 4 rings (SSSR count). The molecule has 3 aliphatic rings. The predicted octanol–water partition coefficient (Wildman–Crippen LogP) is 3.15. The smallest absolute Gasteiger partial charge is 0.436 e. The van der Waals surface area contributed by atoms with Gasteiger partial charge in [0.2, 0.25) is 5.91 Å². The van der Waals surface area contributed by atoms with Crippen LogP contribution in [0.4, 0.5) is 4.79 Å². The van der Waals surface area contributed by atoms with Gasteiger partial charge in [0.05, 0.1) is 6.54 Å². The molecule has 3 fully saturated rings.